The Hall–Kier alpha value is -2.24. The standard InChI is InChI=1S/C17H23N5O/c1-11-5-10-22(20-11)15-6-8-21(9-7-15)17(23)16-12(2)18-14(4)19-13(16)3/h5,10,15H,6-9H2,1-4H3. The summed E-state index contributed by atoms with van der Waals surface area (Å²) in [5.41, 5.74) is 3.23. The summed E-state index contributed by atoms with van der Waals surface area (Å²) in [4.78, 5) is 23.4. The van der Waals surface area contributed by atoms with E-state index in [1.54, 1.807) is 0 Å². The summed E-state index contributed by atoms with van der Waals surface area (Å²) in [6.45, 7) is 9.11. The minimum absolute atomic E-state index is 0.0510. The maximum Gasteiger partial charge on any atom is 0.257 e. The predicted molar refractivity (Wildman–Crippen MR) is 87.4 cm³/mol. The number of carbonyl (C=O) groups is 1. The molecule has 3 heterocycles. The van der Waals surface area contributed by atoms with Crippen molar-refractivity contribution in [1.29, 1.82) is 0 Å². The van der Waals surface area contributed by atoms with Crippen LogP contribution in [0.1, 0.15) is 52.1 Å². The van der Waals surface area contributed by atoms with Crippen LogP contribution >= 0.6 is 0 Å². The van der Waals surface area contributed by atoms with Gasteiger partial charge in [-0.3, -0.25) is 9.48 Å². The van der Waals surface area contributed by atoms with Crippen molar-refractivity contribution >= 4 is 5.91 Å². The molecule has 0 bridgehead atoms. The zero-order valence-electron chi connectivity index (χ0n) is 14.2. The van der Waals surface area contributed by atoms with Crippen LogP contribution in [0.2, 0.25) is 0 Å². The zero-order valence-corrected chi connectivity index (χ0v) is 14.2. The van der Waals surface area contributed by atoms with Gasteiger partial charge in [0.1, 0.15) is 5.82 Å². The van der Waals surface area contributed by atoms with Crippen molar-refractivity contribution < 1.29 is 4.79 Å². The number of rotatable bonds is 2. The van der Waals surface area contributed by atoms with E-state index in [2.05, 4.69) is 15.1 Å². The van der Waals surface area contributed by atoms with Crippen molar-refractivity contribution in [2.75, 3.05) is 13.1 Å². The minimum atomic E-state index is 0.0510. The molecule has 0 N–H and O–H groups in total. The second-order valence-electron chi connectivity index (χ2n) is 6.28. The molecule has 2 aromatic rings. The summed E-state index contributed by atoms with van der Waals surface area (Å²) in [7, 11) is 0. The third-order valence-electron chi connectivity index (χ3n) is 4.46. The first-order valence-electron chi connectivity index (χ1n) is 8.08. The van der Waals surface area contributed by atoms with Crippen molar-refractivity contribution in [2.24, 2.45) is 0 Å². The van der Waals surface area contributed by atoms with Crippen LogP contribution in [0.4, 0.5) is 0 Å². The molecule has 122 valence electrons. The first kappa shape index (κ1) is 15.6. The first-order valence-corrected chi connectivity index (χ1v) is 8.08. The van der Waals surface area contributed by atoms with Gasteiger partial charge in [-0.15, -0.1) is 0 Å². The maximum absolute atomic E-state index is 12.8. The molecule has 1 aliphatic heterocycles. The van der Waals surface area contributed by atoms with Crippen LogP contribution in [0.3, 0.4) is 0 Å². The van der Waals surface area contributed by atoms with E-state index in [1.807, 2.05) is 49.5 Å². The first-order chi connectivity index (χ1) is 11.0. The summed E-state index contributed by atoms with van der Waals surface area (Å²) in [6.07, 6.45) is 3.88. The number of nitrogens with zero attached hydrogens (tertiary/aromatic N) is 5. The second kappa shape index (κ2) is 6.10. The van der Waals surface area contributed by atoms with Crippen LogP contribution in [-0.4, -0.2) is 43.6 Å². The van der Waals surface area contributed by atoms with Gasteiger partial charge in [0, 0.05) is 19.3 Å². The molecule has 3 rings (SSSR count). The Bertz CT molecular complexity index is 705. The Balaban J connectivity index is 1.71. The van der Waals surface area contributed by atoms with Crippen molar-refractivity contribution in [1.82, 2.24) is 24.6 Å². The minimum Gasteiger partial charge on any atom is -0.338 e. The third-order valence-corrected chi connectivity index (χ3v) is 4.46. The van der Waals surface area contributed by atoms with Crippen molar-refractivity contribution in [3.63, 3.8) is 0 Å². The summed E-state index contributed by atoms with van der Waals surface area (Å²) in [5, 5.41) is 4.49. The highest BCUT2D eigenvalue weighted by Crippen LogP contribution is 2.24. The smallest absolute Gasteiger partial charge is 0.257 e. The fourth-order valence-electron chi connectivity index (χ4n) is 3.32. The average molecular weight is 313 g/mol. The fraction of sp³-hybridized carbons (Fsp3) is 0.529. The fourth-order valence-corrected chi connectivity index (χ4v) is 3.32. The molecule has 6 nitrogen and oxygen atoms in total. The molecule has 0 atom stereocenters. The van der Waals surface area contributed by atoms with Crippen LogP contribution in [0.5, 0.6) is 0 Å². The molecule has 0 radical (unpaired) electrons. The molecule has 1 saturated heterocycles. The van der Waals surface area contributed by atoms with Gasteiger partial charge in [-0.2, -0.15) is 5.10 Å². The highest BCUT2D eigenvalue weighted by molar-refractivity contribution is 5.96. The molecule has 0 saturated carbocycles. The van der Waals surface area contributed by atoms with Crippen molar-refractivity contribution in [2.45, 2.75) is 46.6 Å². The molecule has 0 spiro atoms. The lowest BCUT2D eigenvalue weighted by Gasteiger charge is -2.32. The van der Waals surface area contributed by atoms with Crippen LogP contribution in [0.15, 0.2) is 12.3 Å². The topological polar surface area (TPSA) is 63.9 Å². The Morgan fingerprint density at radius 2 is 1.70 bits per heavy atom. The Morgan fingerprint density at radius 3 is 2.22 bits per heavy atom. The van der Waals surface area contributed by atoms with Crippen LogP contribution in [-0.2, 0) is 0 Å². The summed E-state index contributed by atoms with van der Waals surface area (Å²) >= 11 is 0. The highest BCUT2D eigenvalue weighted by atomic mass is 16.2. The highest BCUT2D eigenvalue weighted by Gasteiger charge is 2.27. The van der Waals surface area contributed by atoms with E-state index in [0.29, 0.717) is 17.4 Å². The van der Waals surface area contributed by atoms with E-state index >= 15 is 0 Å². The Labute approximate surface area is 136 Å². The van der Waals surface area contributed by atoms with E-state index in [4.69, 9.17) is 0 Å². The number of amides is 1. The molecule has 1 aliphatic rings. The molecule has 23 heavy (non-hydrogen) atoms. The van der Waals surface area contributed by atoms with Crippen molar-refractivity contribution in [3.05, 3.63) is 40.7 Å². The lowest BCUT2D eigenvalue weighted by Crippen LogP contribution is -2.40. The largest absolute Gasteiger partial charge is 0.338 e. The van der Waals surface area contributed by atoms with E-state index < -0.39 is 0 Å². The van der Waals surface area contributed by atoms with Crippen LogP contribution in [0.25, 0.3) is 0 Å². The quantitative estimate of drug-likeness (QED) is 0.854. The van der Waals surface area contributed by atoms with Crippen LogP contribution < -0.4 is 0 Å². The molecule has 1 fully saturated rings. The zero-order chi connectivity index (χ0) is 16.6. The van der Waals surface area contributed by atoms with E-state index in [9.17, 15) is 4.79 Å². The molecular weight excluding hydrogens is 290 g/mol. The number of carbonyl (C=O) groups excluding carboxylic acids is 1. The van der Waals surface area contributed by atoms with Gasteiger partial charge in [-0.1, -0.05) is 0 Å². The SMILES string of the molecule is Cc1ccn(C2CCN(C(=O)c3c(C)nc(C)nc3C)CC2)n1. The van der Waals surface area contributed by atoms with Gasteiger partial charge >= 0.3 is 0 Å². The second-order valence-corrected chi connectivity index (χ2v) is 6.28. The normalized spacial score (nSPS) is 15.9. The van der Waals surface area contributed by atoms with Gasteiger partial charge in [-0.05, 0) is 46.6 Å². The molecule has 6 heteroatoms. The molecule has 0 aromatic carbocycles. The lowest BCUT2D eigenvalue weighted by molar-refractivity contribution is 0.0687. The molecule has 1 amide bonds. The number of piperidine rings is 1. The average Bonchev–Trinajstić information content (AvgIpc) is 2.93. The molecular formula is C17H23N5O. The summed E-state index contributed by atoms with van der Waals surface area (Å²) in [6, 6.07) is 2.40. The number of likely N-dealkylation sites (tertiary alicyclic amines) is 1. The van der Waals surface area contributed by atoms with Crippen molar-refractivity contribution in [3.8, 4) is 0 Å². The number of hydrogen-bond acceptors (Lipinski definition) is 4. The number of aryl methyl sites for hydroxylation is 4. The third kappa shape index (κ3) is 3.11. The summed E-state index contributed by atoms with van der Waals surface area (Å²) < 4.78 is 2.03. The van der Waals surface area contributed by atoms with Gasteiger partial charge in [0.2, 0.25) is 0 Å². The van der Waals surface area contributed by atoms with Gasteiger partial charge in [-0.25, -0.2) is 9.97 Å². The van der Waals surface area contributed by atoms with Gasteiger partial charge in [0.05, 0.1) is 28.7 Å². The van der Waals surface area contributed by atoms with E-state index in [0.717, 1.165) is 43.0 Å². The molecule has 0 aliphatic carbocycles. The number of hydrogen-bond donors (Lipinski definition) is 0. The van der Waals surface area contributed by atoms with Gasteiger partial charge in [0.25, 0.3) is 5.91 Å². The molecule has 0 unspecified atom stereocenters. The van der Waals surface area contributed by atoms with Gasteiger partial charge in [0.15, 0.2) is 0 Å². The maximum atomic E-state index is 12.8. The lowest BCUT2D eigenvalue weighted by atomic mass is 10.0. The summed E-state index contributed by atoms with van der Waals surface area (Å²) in [5.74, 6) is 0.763. The van der Waals surface area contributed by atoms with E-state index in [1.165, 1.54) is 0 Å². The number of aromatic nitrogens is 4. The van der Waals surface area contributed by atoms with Gasteiger partial charge < -0.3 is 4.90 Å². The predicted octanol–water partition coefficient (Wildman–Crippen LogP) is 2.38. The Kier molecular flexibility index (Phi) is 4.15. The van der Waals surface area contributed by atoms with E-state index in [-0.39, 0.29) is 5.91 Å². The Morgan fingerprint density at radius 1 is 1.09 bits per heavy atom. The van der Waals surface area contributed by atoms with Crippen LogP contribution in [0, 0.1) is 27.7 Å². The molecule has 2 aromatic heterocycles. The monoisotopic (exact) mass is 313 g/mol.